The minimum Gasteiger partial charge on any atom is -0.465 e. The molecule has 1 aromatic rings. The molecule has 1 heterocycles. The average Bonchev–Trinajstić information content (AvgIpc) is 2.27. The molecule has 2 rings (SSSR count). The van der Waals surface area contributed by atoms with E-state index in [4.69, 9.17) is 9.47 Å². The van der Waals surface area contributed by atoms with Crippen molar-refractivity contribution in [1.82, 2.24) is 0 Å². The van der Waals surface area contributed by atoms with Crippen molar-refractivity contribution < 1.29 is 9.47 Å². The van der Waals surface area contributed by atoms with Crippen LogP contribution in [0.1, 0.15) is 30.4 Å². The molecule has 88 valence electrons. The first-order valence-electron chi connectivity index (χ1n) is 5.72. The third-order valence-corrected chi connectivity index (χ3v) is 4.07. The van der Waals surface area contributed by atoms with Crippen LogP contribution in [0.3, 0.4) is 0 Å². The van der Waals surface area contributed by atoms with Gasteiger partial charge in [-0.05, 0) is 49.9 Å². The van der Waals surface area contributed by atoms with Crippen molar-refractivity contribution in [3.63, 3.8) is 0 Å². The minimum atomic E-state index is -0.0614. The molecule has 1 aliphatic heterocycles. The van der Waals surface area contributed by atoms with E-state index in [9.17, 15) is 0 Å². The standard InChI is InChI=1S/C13H17BrO2/c1-9-7-11(8-10(2)13(9)14)16-12-5-3-4-6-15-12/h7-8,12H,3-6H2,1-2H3/t12-/m0/s1. The number of aryl methyl sites for hydroxylation is 2. The monoisotopic (exact) mass is 284 g/mol. The Kier molecular flexibility index (Phi) is 3.87. The van der Waals surface area contributed by atoms with Gasteiger partial charge in [-0.25, -0.2) is 0 Å². The summed E-state index contributed by atoms with van der Waals surface area (Å²) in [5.41, 5.74) is 2.40. The van der Waals surface area contributed by atoms with E-state index in [2.05, 4.69) is 41.9 Å². The van der Waals surface area contributed by atoms with Crippen LogP contribution in [0, 0.1) is 13.8 Å². The second-order valence-corrected chi connectivity index (χ2v) is 5.08. The number of ether oxygens (including phenoxy) is 2. The molecule has 0 saturated carbocycles. The summed E-state index contributed by atoms with van der Waals surface area (Å²) in [6.07, 6.45) is 3.28. The summed E-state index contributed by atoms with van der Waals surface area (Å²) >= 11 is 3.55. The lowest BCUT2D eigenvalue weighted by Gasteiger charge is -2.24. The molecular formula is C13H17BrO2. The van der Waals surface area contributed by atoms with Gasteiger partial charge in [-0.3, -0.25) is 0 Å². The molecule has 1 fully saturated rings. The lowest BCUT2D eigenvalue weighted by atomic mass is 10.1. The summed E-state index contributed by atoms with van der Waals surface area (Å²) in [5, 5.41) is 0. The van der Waals surface area contributed by atoms with Crippen LogP contribution in [0.2, 0.25) is 0 Å². The Hall–Kier alpha value is -0.540. The maximum absolute atomic E-state index is 5.83. The molecule has 0 unspecified atom stereocenters. The second kappa shape index (κ2) is 5.19. The Morgan fingerprint density at radius 3 is 2.50 bits per heavy atom. The first-order valence-corrected chi connectivity index (χ1v) is 6.51. The van der Waals surface area contributed by atoms with Crippen molar-refractivity contribution >= 4 is 15.9 Å². The summed E-state index contributed by atoms with van der Waals surface area (Å²) in [6.45, 7) is 4.97. The van der Waals surface area contributed by atoms with Gasteiger partial charge in [0.1, 0.15) is 5.75 Å². The van der Waals surface area contributed by atoms with E-state index in [0.29, 0.717) is 0 Å². The van der Waals surface area contributed by atoms with Gasteiger partial charge in [0, 0.05) is 10.9 Å². The van der Waals surface area contributed by atoms with Crippen LogP contribution in [-0.4, -0.2) is 12.9 Å². The van der Waals surface area contributed by atoms with Crippen LogP contribution in [0.5, 0.6) is 5.75 Å². The molecule has 16 heavy (non-hydrogen) atoms. The summed E-state index contributed by atoms with van der Waals surface area (Å²) in [5.74, 6) is 0.908. The van der Waals surface area contributed by atoms with Gasteiger partial charge in [-0.2, -0.15) is 0 Å². The van der Waals surface area contributed by atoms with Crippen molar-refractivity contribution in [3.8, 4) is 5.75 Å². The fourth-order valence-corrected chi connectivity index (χ4v) is 2.16. The topological polar surface area (TPSA) is 18.5 Å². The Morgan fingerprint density at radius 1 is 1.25 bits per heavy atom. The zero-order chi connectivity index (χ0) is 11.5. The predicted octanol–water partition coefficient (Wildman–Crippen LogP) is 3.97. The Labute approximate surface area is 105 Å². The predicted molar refractivity (Wildman–Crippen MR) is 67.8 cm³/mol. The van der Waals surface area contributed by atoms with Gasteiger partial charge in [0.25, 0.3) is 0 Å². The van der Waals surface area contributed by atoms with Crippen molar-refractivity contribution in [2.75, 3.05) is 6.61 Å². The first kappa shape index (κ1) is 11.9. The maximum Gasteiger partial charge on any atom is 0.199 e. The van der Waals surface area contributed by atoms with Gasteiger partial charge >= 0.3 is 0 Å². The number of rotatable bonds is 2. The van der Waals surface area contributed by atoms with Crippen molar-refractivity contribution in [2.45, 2.75) is 39.4 Å². The Balaban J connectivity index is 2.09. The molecular weight excluding hydrogens is 268 g/mol. The van der Waals surface area contributed by atoms with Gasteiger partial charge in [0.2, 0.25) is 0 Å². The normalized spacial score (nSPS) is 20.8. The summed E-state index contributed by atoms with van der Waals surface area (Å²) in [4.78, 5) is 0. The highest BCUT2D eigenvalue weighted by molar-refractivity contribution is 9.10. The van der Waals surface area contributed by atoms with Crippen LogP contribution in [0.25, 0.3) is 0 Å². The fraction of sp³-hybridized carbons (Fsp3) is 0.538. The molecule has 1 atom stereocenters. The van der Waals surface area contributed by atoms with Crippen molar-refractivity contribution in [1.29, 1.82) is 0 Å². The van der Waals surface area contributed by atoms with E-state index in [0.717, 1.165) is 29.7 Å². The van der Waals surface area contributed by atoms with E-state index in [1.807, 2.05) is 0 Å². The molecule has 0 radical (unpaired) electrons. The highest BCUT2D eigenvalue weighted by Crippen LogP contribution is 2.28. The van der Waals surface area contributed by atoms with Crippen LogP contribution in [0.4, 0.5) is 0 Å². The number of hydrogen-bond donors (Lipinski definition) is 0. The highest BCUT2D eigenvalue weighted by atomic mass is 79.9. The SMILES string of the molecule is Cc1cc(O[C@H]2CCCCO2)cc(C)c1Br. The Morgan fingerprint density at radius 2 is 1.94 bits per heavy atom. The van der Waals surface area contributed by atoms with Gasteiger partial charge in [0.15, 0.2) is 6.29 Å². The number of hydrogen-bond acceptors (Lipinski definition) is 2. The largest absolute Gasteiger partial charge is 0.465 e. The molecule has 3 heteroatoms. The fourth-order valence-electron chi connectivity index (χ4n) is 1.93. The maximum atomic E-state index is 5.83. The lowest BCUT2D eigenvalue weighted by molar-refractivity contribution is -0.105. The molecule has 0 amide bonds. The molecule has 2 nitrogen and oxygen atoms in total. The molecule has 1 aliphatic rings. The molecule has 1 aromatic carbocycles. The lowest BCUT2D eigenvalue weighted by Crippen LogP contribution is -2.25. The average molecular weight is 285 g/mol. The highest BCUT2D eigenvalue weighted by Gasteiger charge is 2.15. The Bertz CT molecular complexity index is 347. The van der Waals surface area contributed by atoms with Crippen LogP contribution >= 0.6 is 15.9 Å². The van der Waals surface area contributed by atoms with E-state index in [1.54, 1.807) is 0 Å². The van der Waals surface area contributed by atoms with Crippen LogP contribution < -0.4 is 4.74 Å². The summed E-state index contributed by atoms with van der Waals surface area (Å²) in [6, 6.07) is 4.10. The van der Waals surface area contributed by atoms with Crippen LogP contribution in [-0.2, 0) is 4.74 Å². The molecule has 1 saturated heterocycles. The van der Waals surface area contributed by atoms with Gasteiger partial charge in [-0.15, -0.1) is 0 Å². The zero-order valence-corrected chi connectivity index (χ0v) is 11.3. The van der Waals surface area contributed by atoms with Crippen molar-refractivity contribution in [2.24, 2.45) is 0 Å². The quantitative estimate of drug-likeness (QED) is 0.818. The molecule has 0 aliphatic carbocycles. The third kappa shape index (κ3) is 2.77. The van der Waals surface area contributed by atoms with Gasteiger partial charge < -0.3 is 9.47 Å². The second-order valence-electron chi connectivity index (χ2n) is 4.29. The smallest absolute Gasteiger partial charge is 0.199 e. The van der Waals surface area contributed by atoms with Gasteiger partial charge in [-0.1, -0.05) is 15.9 Å². The minimum absolute atomic E-state index is 0.0614. The van der Waals surface area contributed by atoms with Crippen LogP contribution in [0.15, 0.2) is 16.6 Å². The number of halogens is 1. The van der Waals surface area contributed by atoms with Gasteiger partial charge in [0.05, 0.1) is 6.61 Å². The van der Waals surface area contributed by atoms with E-state index < -0.39 is 0 Å². The molecule has 0 aromatic heterocycles. The molecule has 0 N–H and O–H groups in total. The first-order chi connectivity index (χ1) is 7.66. The van der Waals surface area contributed by atoms with E-state index in [1.165, 1.54) is 17.5 Å². The summed E-state index contributed by atoms with van der Waals surface area (Å²) in [7, 11) is 0. The van der Waals surface area contributed by atoms with Crippen molar-refractivity contribution in [3.05, 3.63) is 27.7 Å². The third-order valence-electron chi connectivity index (χ3n) is 2.82. The summed E-state index contributed by atoms with van der Waals surface area (Å²) < 4.78 is 12.5. The zero-order valence-electron chi connectivity index (χ0n) is 9.75. The molecule has 0 bridgehead atoms. The number of benzene rings is 1. The molecule has 0 spiro atoms. The van der Waals surface area contributed by atoms with E-state index >= 15 is 0 Å². The van der Waals surface area contributed by atoms with E-state index in [-0.39, 0.29) is 6.29 Å².